The number of methoxy groups -OCH3 is 1. The number of likely N-dealkylation sites (tertiary alicyclic amines) is 1. The summed E-state index contributed by atoms with van der Waals surface area (Å²) in [5, 5.41) is 11.2. The van der Waals surface area contributed by atoms with Gasteiger partial charge in [0.25, 0.3) is 11.7 Å². The molecule has 0 spiro atoms. The SMILES string of the molecule is CCOc1ccc(/C(O)=C2/C(=O)C(=O)N(CCCOC)C2c2ccc(OC(C)=O)cc2)cc1C. The van der Waals surface area contributed by atoms with Gasteiger partial charge in [-0.25, -0.2) is 0 Å². The Hall–Kier alpha value is -3.65. The second-order valence-corrected chi connectivity index (χ2v) is 7.91. The molecule has 2 aromatic rings. The number of nitrogens with zero attached hydrogens (tertiary/aromatic N) is 1. The van der Waals surface area contributed by atoms with Crippen LogP contribution in [0.1, 0.15) is 43.0 Å². The van der Waals surface area contributed by atoms with E-state index >= 15 is 0 Å². The Labute approximate surface area is 198 Å². The van der Waals surface area contributed by atoms with Gasteiger partial charge in [-0.15, -0.1) is 0 Å². The maximum Gasteiger partial charge on any atom is 0.308 e. The van der Waals surface area contributed by atoms with Gasteiger partial charge in [-0.3, -0.25) is 14.4 Å². The van der Waals surface area contributed by atoms with Gasteiger partial charge in [0.05, 0.1) is 18.2 Å². The molecule has 1 aliphatic heterocycles. The number of ketones is 1. The van der Waals surface area contributed by atoms with Crippen molar-refractivity contribution in [3.05, 3.63) is 64.7 Å². The largest absolute Gasteiger partial charge is 0.507 e. The second kappa shape index (κ2) is 11.0. The van der Waals surface area contributed by atoms with Crippen LogP contribution in [0.25, 0.3) is 5.76 Å². The first-order valence-electron chi connectivity index (χ1n) is 11.1. The van der Waals surface area contributed by atoms with E-state index in [1.807, 2.05) is 13.8 Å². The van der Waals surface area contributed by atoms with Crippen molar-refractivity contribution in [1.29, 1.82) is 0 Å². The van der Waals surface area contributed by atoms with Gasteiger partial charge in [0.2, 0.25) is 0 Å². The van der Waals surface area contributed by atoms with Crippen molar-refractivity contribution in [2.24, 2.45) is 0 Å². The van der Waals surface area contributed by atoms with Crippen LogP contribution in [0.15, 0.2) is 48.0 Å². The fourth-order valence-corrected chi connectivity index (χ4v) is 3.99. The second-order valence-electron chi connectivity index (χ2n) is 7.91. The van der Waals surface area contributed by atoms with Gasteiger partial charge in [0, 0.05) is 32.7 Å². The molecule has 34 heavy (non-hydrogen) atoms. The van der Waals surface area contributed by atoms with Gasteiger partial charge in [0.15, 0.2) is 0 Å². The topological polar surface area (TPSA) is 102 Å². The number of carbonyl (C=O) groups excluding carboxylic acids is 3. The monoisotopic (exact) mass is 467 g/mol. The van der Waals surface area contributed by atoms with E-state index < -0.39 is 23.7 Å². The number of amides is 1. The highest BCUT2D eigenvalue weighted by atomic mass is 16.5. The van der Waals surface area contributed by atoms with Crippen LogP contribution >= 0.6 is 0 Å². The molecule has 0 bridgehead atoms. The van der Waals surface area contributed by atoms with Gasteiger partial charge < -0.3 is 24.2 Å². The summed E-state index contributed by atoms with van der Waals surface area (Å²) in [4.78, 5) is 38.7. The lowest BCUT2D eigenvalue weighted by molar-refractivity contribution is -0.140. The smallest absolute Gasteiger partial charge is 0.308 e. The quantitative estimate of drug-likeness (QED) is 0.150. The highest BCUT2D eigenvalue weighted by molar-refractivity contribution is 6.46. The van der Waals surface area contributed by atoms with Crippen LogP contribution in [0.3, 0.4) is 0 Å². The molecule has 0 saturated carbocycles. The Balaban J connectivity index is 2.08. The fourth-order valence-electron chi connectivity index (χ4n) is 3.99. The number of hydrogen-bond acceptors (Lipinski definition) is 7. The zero-order valence-corrected chi connectivity index (χ0v) is 19.8. The average molecular weight is 468 g/mol. The van der Waals surface area contributed by atoms with E-state index in [9.17, 15) is 19.5 Å². The lowest BCUT2D eigenvalue weighted by Crippen LogP contribution is -2.31. The lowest BCUT2D eigenvalue weighted by Gasteiger charge is -2.25. The van der Waals surface area contributed by atoms with Crippen molar-refractivity contribution in [2.75, 3.05) is 26.9 Å². The third-order valence-corrected chi connectivity index (χ3v) is 5.49. The number of aliphatic hydroxyl groups is 1. The predicted octanol–water partition coefficient (Wildman–Crippen LogP) is 3.78. The zero-order valence-electron chi connectivity index (χ0n) is 19.8. The number of ether oxygens (including phenoxy) is 3. The Bertz CT molecular complexity index is 1100. The first-order chi connectivity index (χ1) is 16.3. The van der Waals surface area contributed by atoms with Crippen LogP contribution in [0.5, 0.6) is 11.5 Å². The van der Waals surface area contributed by atoms with Crippen LogP contribution in [-0.4, -0.2) is 54.5 Å². The van der Waals surface area contributed by atoms with Crippen molar-refractivity contribution in [2.45, 2.75) is 33.2 Å². The Morgan fingerprint density at radius 2 is 1.82 bits per heavy atom. The van der Waals surface area contributed by atoms with E-state index in [1.54, 1.807) is 49.6 Å². The standard InChI is InChI=1S/C26H29NO7/c1-5-33-21-12-9-19(15-16(21)2)24(29)22-23(18-7-10-20(11-8-18)34-17(3)28)27(13-6-14-32-4)26(31)25(22)30/h7-12,15,23,29H,5-6,13-14H2,1-4H3/b24-22-. The van der Waals surface area contributed by atoms with Gasteiger partial charge in [0.1, 0.15) is 17.3 Å². The number of aliphatic hydroxyl groups excluding tert-OH is 1. The van der Waals surface area contributed by atoms with Crippen molar-refractivity contribution in [1.82, 2.24) is 4.90 Å². The maximum atomic E-state index is 13.1. The first-order valence-corrected chi connectivity index (χ1v) is 11.1. The summed E-state index contributed by atoms with van der Waals surface area (Å²) < 4.78 is 15.8. The number of aryl methyl sites for hydroxylation is 1. The normalized spacial score (nSPS) is 17.2. The van der Waals surface area contributed by atoms with Crippen LogP contribution < -0.4 is 9.47 Å². The van der Waals surface area contributed by atoms with Crippen LogP contribution in [0, 0.1) is 6.92 Å². The van der Waals surface area contributed by atoms with E-state index in [2.05, 4.69) is 0 Å². The summed E-state index contributed by atoms with van der Waals surface area (Å²) in [5.74, 6) is -1.13. The van der Waals surface area contributed by atoms with Crippen molar-refractivity contribution < 1.29 is 33.7 Å². The Kier molecular flexibility index (Phi) is 8.07. The fraction of sp³-hybridized carbons (Fsp3) is 0.346. The number of esters is 1. The van der Waals surface area contributed by atoms with Gasteiger partial charge in [-0.2, -0.15) is 0 Å². The average Bonchev–Trinajstić information content (AvgIpc) is 3.05. The van der Waals surface area contributed by atoms with E-state index in [1.165, 1.54) is 11.8 Å². The molecule has 2 aromatic carbocycles. The van der Waals surface area contributed by atoms with E-state index in [-0.39, 0.29) is 17.9 Å². The van der Waals surface area contributed by atoms with Gasteiger partial charge >= 0.3 is 5.97 Å². The van der Waals surface area contributed by atoms with Crippen molar-refractivity contribution in [3.8, 4) is 11.5 Å². The molecule has 1 aliphatic rings. The summed E-state index contributed by atoms with van der Waals surface area (Å²) in [6.45, 7) is 6.22. The minimum Gasteiger partial charge on any atom is -0.507 e. The van der Waals surface area contributed by atoms with Crippen LogP contribution in [0.4, 0.5) is 0 Å². The molecule has 8 heteroatoms. The lowest BCUT2D eigenvalue weighted by atomic mass is 9.94. The van der Waals surface area contributed by atoms with Gasteiger partial charge in [-0.05, 0) is 61.7 Å². The zero-order chi connectivity index (χ0) is 24.8. The molecule has 1 unspecified atom stereocenters. The molecule has 0 radical (unpaired) electrons. The summed E-state index contributed by atoms with van der Waals surface area (Å²) in [6, 6.07) is 10.8. The summed E-state index contributed by atoms with van der Waals surface area (Å²) in [6.07, 6.45) is 0.522. The molecular formula is C26H29NO7. The predicted molar refractivity (Wildman–Crippen MR) is 126 cm³/mol. The molecule has 1 saturated heterocycles. The molecule has 180 valence electrons. The summed E-state index contributed by atoms with van der Waals surface area (Å²) >= 11 is 0. The number of Topliss-reactive ketones (excluding diaryl/α,β-unsaturated/α-hetero) is 1. The number of rotatable bonds is 9. The van der Waals surface area contributed by atoms with Crippen molar-refractivity contribution in [3.63, 3.8) is 0 Å². The Morgan fingerprint density at radius 3 is 2.41 bits per heavy atom. The number of carbonyl (C=O) groups is 3. The molecule has 1 N–H and O–H groups in total. The minimum absolute atomic E-state index is 0.00575. The molecule has 0 aliphatic carbocycles. The molecule has 3 rings (SSSR count). The maximum absolute atomic E-state index is 13.1. The van der Waals surface area contributed by atoms with Crippen LogP contribution in [0.2, 0.25) is 0 Å². The number of benzene rings is 2. The third kappa shape index (κ3) is 5.28. The molecule has 8 nitrogen and oxygen atoms in total. The highest BCUT2D eigenvalue weighted by Crippen LogP contribution is 2.40. The summed E-state index contributed by atoms with van der Waals surface area (Å²) in [7, 11) is 1.56. The highest BCUT2D eigenvalue weighted by Gasteiger charge is 2.45. The Morgan fingerprint density at radius 1 is 1.12 bits per heavy atom. The van der Waals surface area contributed by atoms with E-state index in [0.29, 0.717) is 42.3 Å². The molecular weight excluding hydrogens is 438 g/mol. The van der Waals surface area contributed by atoms with E-state index in [0.717, 1.165) is 5.56 Å². The van der Waals surface area contributed by atoms with Crippen LogP contribution in [-0.2, 0) is 19.1 Å². The van der Waals surface area contributed by atoms with Crippen molar-refractivity contribution >= 4 is 23.4 Å². The van der Waals surface area contributed by atoms with E-state index in [4.69, 9.17) is 14.2 Å². The number of hydrogen-bond donors (Lipinski definition) is 1. The molecule has 1 heterocycles. The molecule has 0 aromatic heterocycles. The molecule has 1 amide bonds. The molecule has 1 atom stereocenters. The van der Waals surface area contributed by atoms with Gasteiger partial charge in [-0.1, -0.05) is 12.1 Å². The minimum atomic E-state index is -0.796. The third-order valence-electron chi connectivity index (χ3n) is 5.49. The summed E-state index contributed by atoms with van der Waals surface area (Å²) in [5.41, 5.74) is 1.82. The first kappa shape index (κ1) is 25.0. The molecule has 1 fully saturated rings.